The minimum atomic E-state index is -0.406. The van der Waals surface area contributed by atoms with Gasteiger partial charge in [0, 0.05) is 11.1 Å². The van der Waals surface area contributed by atoms with E-state index in [9.17, 15) is 9.59 Å². The van der Waals surface area contributed by atoms with Crippen molar-refractivity contribution >= 4 is 28.9 Å². The number of anilines is 1. The molecule has 5 nitrogen and oxygen atoms in total. The smallest absolute Gasteiger partial charge is 0.338 e. The van der Waals surface area contributed by atoms with E-state index >= 15 is 0 Å². The third kappa shape index (κ3) is 4.39. The summed E-state index contributed by atoms with van der Waals surface area (Å²) in [7, 11) is 0. The number of carbonyl (C=O) groups is 2. The maximum Gasteiger partial charge on any atom is 0.338 e. The van der Waals surface area contributed by atoms with Crippen molar-refractivity contribution in [2.24, 2.45) is 0 Å². The summed E-state index contributed by atoms with van der Waals surface area (Å²) in [6.45, 7) is 8.22. The predicted octanol–water partition coefficient (Wildman–Crippen LogP) is 3.87. The van der Waals surface area contributed by atoms with Gasteiger partial charge in [0.05, 0.1) is 23.4 Å². The van der Waals surface area contributed by atoms with Gasteiger partial charge in [0.15, 0.2) is 0 Å². The highest BCUT2D eigenvalue weighted by Crippen LogP contribution is 2.27. The Hall–Kier alpha value is -2.21. The minimum absolute atomic E-state index is 0.0903. The number of benzene rings is 1. The van der Waals surface area contributed by atoms with E-state index in [4.69, 9.17) is 4.74 Å². The number of carbonyl (C=O) groups excluding carboxylic acids is 2. The molecule has 23 heavy (non-hydrogen) atoms. The van der Waals surface area contributed by atoms with Crippen LogP contribution < -0.4 is 5.32 Å². The highest BCUT2D eigenvalue weighted by Gasteiger charge is 2.20. The van der Waals surface area contributed by atoms with Gasteiger partial charge in [-0.3, -0.25) is 4.79 Å². The van der Waals surface area contributed by atoms with Crippen LogP contribution in [0.1, 0.15) is 52.7 Å². The van der Waals surface area contributed by atoms with Gasteiger partial charge in [-0.15, -0.1) is 11.3 Å². The average Bonchev–Trinajstić information content (AvgIpc) is 2.98. The van der Waals surface area contributed by atoms with E-state index in [-0.39, 0.29) is 11.3 Å². The van der Waals surface area contributed by atoms with Gasteiger partial charge in [-0.05, 0) is 25.1 Å². The van der Waals surface area contributed by atoms with Crippen molar-refractivity contribution < 1.29 is 14.3 Å². The Bertz CT molecular complexity index is 717. The quantitative estimate of drug-likeness (QED) is 0.863. The van der Waals surface area contributed by atoms with Gasteiger partial charge in [-0.1, -0.05) is 26.8 Å². The first-order valence-electron chi connectivity index (χ1n) is 7.36. The summed E-state index contributed by atoms with van der Waals surface area (Å²) >= 11 is 1.37. The monoisotopic (exact) mass is 332 g/mol. The molecule has 0 fully saturated rings. The van der Waals surface area contributed by atoms with E-state index in [0.717, 1.165) is 5.01 Å². The van der Waals surface area contributed by atoms with Crippen LogP contribution in [-0.2, 0) is 10.2 Å². The van der Waals surface area contributed by atoms with Crippen LogP contribution in [0, 0.1) is 0 Å². The molecule has 1 amide bonds. The highest BCUT2D eigenvalue weighted by molar-refractivity contribution is 7.13. The van der Waals surface area contributed by atoms with Gasteiger partial charge >= 0.3 is 5.97 Å². The molecule has 1 N–H and O–H groups in total. The van der Waals surface area contributed by atoms with E-state index in [0.29, 0.717) is 22.7 Å². The predicted molar refractivity (Wildman–Crippen MR) is 91.2 cm³/mol. The van der Waals surface area contributed by atoms with Crippen LogP contribution in [0.25, 0.3) is 0 Å². The zero-order valence-corrected chi connectivity index (χ0v) is 14.5. The van der Waals surface area contributed by atoms with Gasteiger partial charge in [-0.25, -0.2) is 9.78 Å². The van der Waals surface area contributed by atoms with E-state index in [1.165, 1.54) is 11.3 Å². The van der Waals surface area contributed by atoms with Crippen LogP contribution in [0.3, 0.4) is 0 Å². The Kier molecular flexibility index (Phi) is 5.15. The molecule has 0 spiro atoms. The molecule has 0 saturated heterocycles. The molecule has 6 heteroatoms. The second kappa shape index (κ2) is 6.91. The minimum Gasteiger partial charge on any atom is -0.462 e. The van der Waals surface area contributed by atoms with Crippen molar-refractivity contribution in [3.05, 3.63) is 45.9 Å². The molecule has 0 aliphatic rings. The second-order valence-electron chi connectivity index (χ2n) is 6.04. The molecule has 0 unspecified atom stereocenters. The summed E-state index contributed by atoms with van der Waals surface area (Å²) in [6.07, 6.45) is 1.58. The van der Waals surface area contributed by atoms with E-state index in [2.05, 4.69) is 31.1 Å². The van der Waals surface area contributed by atoms with Crippen molar-refractivity contribution in [1.29, 1.82) is 0 Å². The third-order valence-electron chi connectivity index (χ3n) is 3.00. The van der Waals surface area contributed by atoms with Gasteiger partial charge < -0.3 is 10.1 Å². The van der Waals surface area contributed by atoms with Crippen molar-refractivity contribution in [2.45, 2.75) is 33.1 Å². The second-order valence-corrected chi connectivity index (χ2v) is 7.07. The highest BCUT2D eigenvalue weighted by atomic mass is 32.1. The fourth-order valence-corrected chi connectivity index (χ4v) is 2.73. The molecule has 0 aliphatic heterocycles. The van der Waals surface area contributed by atoms with Crippen molar-refractivity contribution in [1.82, 2.24) is 4.98 Å². The molecule has 1 aromatic heterocycles. The van der Waals surface area contributed by atoms with Crippen molar-refractivity contribution in [3.63, 3.8) is 0 Å². The summed E-state index contributed by atoms with van der Waals surface area (Å²) in [5.74, 6) is -0.643. The maximum atomic E-state index is 12.3. The number of thiazole rings is 1. The molecule has 122 valence electrons. The lowest BCUT2D eigenvalue weighted by atomic mass is 9.98. The maximum absolute atomic E-state index is 12.3. The van der Waals surface area contributed by atoms with Crippen LogP contribution in [-0.4, -0.2) is 23.5 Å². The van der Waals surface area contributed by atoms with Gasteiger partial charge in [0.1, 0.15) is 4.88 Å². The number of rotatable bonds is 4. The summed E-state index contributed by atoms with van der Waals surface area (Å²) in [5, 5.41) is 3.69. The van der Waals surface area contributed by atoms with Crippen LogP contribution >= 0.6 is 11.3 Å². The SMILES string of the molecule is CCOC(=O)c1cccc(NC(=O)c2cnc(C(C)(C)C)s2)c1. The molecule has 0 atom stereocenters. The van der Waals surface area contributed by atoms with Gasteiger partial charge in [0.2, 0.25) is 0 Å². The molecule has 0 radical (unpaired) electrons. The van der Waals surface area contributed by atoms with Crippen LogP contribution in [0.4, 0.5) is 5.69 Å². The number of nitrogens with one attached hydrogen (secondary N) is 1. The molecule has 0 aliphatic carbocycles. The van der Waals surface area contributed by atoms with E-state index < -0.39 is 5.97 Å². The molecule has 0 bridgehead atoms. The number of hydrogen-bond donors (Lipinski definition) is 1. The summed E-state index contributed by atoms with van der Waals surface area (Å²) in [4.78, 5) is 28.9. The number of aromatic nitrogens is 1. The van der Waals surface area contributed by atoms with E-state index in [1.807, 2.05) is 0 Å². The molecule has 0 saturated carbocycles. The largest absolute Gasteiger partial charge is 0.462 e. The number of ether oxygens (including phenoxy) is 1. The topological polar surface area (TPSA) is 68.3 Å². The third-order valence-corrected chi connectivity index (χ3v) is 4.42. The molecule has 2 rings (SSSR count). The number of amides is 1. The zero-order chi connectivity index (χ0) is 17.0. The van der Waals surface area contributed by atoms with Crippen LogP contribution in [0.15, 0.2) is 30.5 Å². The normalized spacial score (nSPS) is 11.1. The Balaban J connectivity index is 2.13. The first kappa shape index (κ1) is 17.1. The first-order chi connectivity index (χ1) is 10.8. The fourth-order valence-electron chi connectivity index (χ4n) is 1.86. The van der Waals surface area contributed by atoms with Crippen LogP contribution in [0.2, 0.25) is 0 Å². The average molecular weight is 332 g/mol. The van der Waals surface area contributed by atoms with Crippen molar-refractivity contribution in [2.75, 3.05) is 11.9 Å². The molecule has 1 heterocycles. The van der Waals surface area contributed by atoms with E-state index in [1.54, 1.807) is 37.4 Å². The standard InChI is InChI=1S/C17H20N2O3S/c1-5-22-15(21)11-7-6-8-12(9-11)19-14(20)13-10-18-16(23-13)17(2,3)4/h6-10H,5H2,1-4H3,(H,19,20). The fraction of sp³-hybridized carbons (Fsp3) is 0.353. The molecular weight excluding hydrogens is 312 g/mol. The number of nitrogens with zero attached hydrogens (tertiary/aromatic N) is 1. The number of hydrogen-bond acceptors (Lipinski definition) is 5. The van der Waals surface area contributed by atoms with Gasteiger partial charge in [0.25, 0.3) is 5.91 Å². The lowest BCUT2D eigenvalue weighted by Gasteiger charge is -2.13. The van der Waals surface area contributed by atoms with Gasteiger partial charge in [-0.2, -0.15) is 0 Å². The molecule has 2 aromatic rings. The Morgan fingerprint density at radius 3 is 2.65 bits per heavy atom. The summed E-state index contributed by atoms with van der Waals surface area (Å²) in [6, 6.07) is 6.68. The Morgan fingerprint density at radius 1 is 1.30 bits per heavy atom. The number of esters is 1. The summed E-state index contributed by atoms with van der Waals surface area (Å²) < 4.78 is 4.95. The zero-order valence-electron chi connectivity index (χ0n) is 13.7. The molecule has 1 aromatic carbocycles. The summed E-state index contributed by atoms with van der Waals surface area (Å²) in [5.41, 5.74) is 0.864. The van der Waals surface area contributed by atoms with Crippen LogP contribution in [0.5, 0.6) is 0 Å². The first-order valence-corrected chi connectivity index (χ1v) is 8.17. The van der Waals surface area contributed by atoms with Crippen molar-refractivity contribution in [3.8, 4) is 0 Å². The lowest BCUT2D eigenvalue weighted by molar-refractivity contribution is 0.0526. The lowest BCUT2D eigenvalue weighted by Crippen LogP contribution is -2.12. The Morgan fingerprint density at radius 2 is 2.04 bits per heavy atom. The Labute approximate surface area is 139 Å². The molecular formula is C17H20N2O3S.